The number of aromatic nitrogens is 2. The summed E-state index contributed by atoms with van der Waals surface area (Å²) < 4.78 is 2.16. The van der Waals surface area contributed by atoms with Crippen LogP contribution in [0.3, 0.4) is 0 Å². The molecule has 1 unspecified atom stereocenters. The molecule has 0 radical (unpaired) electrons. The predicted molar refractivity (Wildman–Crippen MR) is 79.4 cm³/mol. The van der Waals surface area contributed by atoms with Crippen LogP contribution < -0.4 is 5.73 Å². The van der Waals surface area contributed by atoms with Gasteiger partial charge in [-0.25, -0.2) is 4.98 Å². The van der Waals surface area contributed by atoms with E-state index in [-0.39, 0.29) is 0 Å². The van der Waals surface area contributed by atoms with Gasteiger partial charge in [-0.2, -0.15) is 0 Å². The van der Waals surface area contributed by atoms with E-state index in [0.29, 0.717) is 12.2 Å². The van der Waals surface area contributed by atoms with Crippen LogP contribution in [0.15, 0.2) is 24.3 Å². The van der Waals surface area contributed by atoms with Crippen LogP contribution in [0.1, 0.15) is 41.7 Å². The van der Waals surface area contributed by atoms with E-state index in [0.717, 1.165) is 24.2 Å². The van der Waals surface area contributed by atoms with E-state index < -0.39 is 6.10 Å². The summed E-state index contributed by atoms with van der Waals surface area (Å²) in [5.74, 6) is 0.991. The lowest BCUT2D eigenvalue weighted by Gasteiger charge is -2.19. The Morgan fingerprint density at radius 1 is 1.30 bits per heavy atom. The van der Waals surface area contributed by atoms with Gasteiger partial charge in [-0.15, -0.1) is 0 Å². The van der Waals surface area contributed by atoms with Crippen molar-refractivity contribution in [1.29, 1.82) is 0 Å². The molecule has 0 saturated heterocycles. The van der Waals surface area contributed by atoms with Gasteiger partial charge in [0.1, 0.15) is 5.82 Å². The number of nitrogen functional groups attached to an aromatic ring is 1. The molecule has 0 fully saturated rings. The van der Waals surface area contributed by atoms with E-state index in [1.54, 1.807) is 0 Å². The Morgan fingerprint density at radius 2 is 2.05 bits per heavy atom. The number of anilines is 1. The number of para-hydroxylation sites is 1. The molecule has 1 aliphatic carbocycles. The van der Waals surface area contributed by atoms with Crippen LogP contribution in [-0.4, -0.2) is 14.7 Å². The average molecular weight is 271 g/mol. The van der Waals surface area contributed by atoms with Crippen LogP contribution >= 0.6 is 0 Å². The van der Waals surface area contributed by atoms with Gasteiger partial charge >= 0.3 is 0 Å². The first-order chi connectivity index (χ1) is 9.66. The summed E-state index contributed by atoms with van der Waals surface area (Å²) in [6.07, 6.45) is 3.97. The quantitative estimate of drug-likeness (QED) is 0.842. The van der Waals surface area contributed by atoms with Crippen molar-refractivity contribution in [2.75, 3.05) is 5.73 Å². The first kappa shape index (κ1) is 13.2. The third kappa shape index (κ3) is 2.31. The van der Waals surface area contributed by atoms with E-state index in [1.165, 1.54) is 24.2 Å². The van der Waals surface area contributed by atoms with Gasteiger partial charge in [0.05, 0.1) is 18.3 Å². The number of aliphatic hydroxyl groups is 1. The van der Waals surface area contributed by atoms with E-state index in [4.69, 9.17) is 5.73 Å². The van der Waals surface area contributed by atoms with E-state index >= 15 is 0 Å². The highest BCUT2D eigenvalue weighted by Gasteiger charge is 2.20. The molecule has 106 valence electrons. The maximum atomic E-state index is 10.5. The van der Waals surface area contributed by atoms with Crippen molar-refractivity contribution < 1.29 is 5.11 Å². The van der Waals surface area contributed by atoms with Crippen LogP contribution in [0.5, 0.6) is 0 Å². The number of imidazole rings is 1. The molecule has 2 aromatic rings. The number of hydrogen-bond donors (Lipinski definition) is 2. The molecule has 4 heteroatoms. The Bertz CT molecular complexity index is 618. The SMILES string of the molecule is Cc1nc2c(n1CC(O)c1ccccc1N)CCCC2. The fraction of sp³-hybridized carbons (Fsp3) is 0.438. The van der Waals surface area contributed by atoms with Gasteiger partial charge < -0.3 is 15.4 Å². The van der Waals surface area contributed by atoms with Crippen molar-refractivity contribution in [1.82, 2.24) is 9.55 Å². The molecule has 1 heterocycles. The number of nitrogens with two attached hydrogens (primary N) is 1. The fourth-order valence-corrected chi connectivity index (χ4v) is 3.06. The fourth-order valence-electron chi connectivity index (χ4n) is 3.06. The molecule has 3 rings (SSSR count). The van der Waals surface area contributed by atoms with E-state index in [1.807, 2.05) is 31.2 Å². The van der Waals surface area contributed by atoms with Gasteiger partial charge in [0.15, 0.2) is 0 Å². The largest absolute Gasteiger partial charge is 0.398 e. The third-order valence-corrected chi connectivity index (χ3v) is 4.13. The van der Waals surface area contributed by atoms with Crippen molar-refractivity contribution >= 4 is 5.69 Å². The van der Waals surface area contributed by atoms with Crippen molar-refractivity contribution in [3.63, 3.8) is 0 Å². The highest BCUT2D eigenvalue weighted by Crippen LogP contribution is 2.26. The number of benzene rings is 1. The Hall–Kier alpha value is -1.81. The molecule has 0 saturated carbocycles. The predicted octanol–water partition coefficient (Wildman–Crippen LogP) is 2.39. The lowest BCUT2D eigenvalue weighted by Crippen LogP contribution is -2.15. The van der Waals surface area contributed by atoms with Crippen molar-refractivity contribution in [2.24, 2.45) is 0 Å². The zero-order chi connectivity index (χ0) is 14.1. The summed E-state index contributed by atoms with van der Waals surface area (Å²) in [6, 6.07) is 7.51. The van der Waals surface area contributed by atoms with Gasteiger partial charge in [0.2, 0.25) is 0 Å². The van der Waals surface area contributed by atoms with Crippen LogP contribution in [0.25, 0.3) is 0 Å². The van der Waals surface area contributed by atoms with Gasteiger partial charge in [0.25, 0.3) is 0 Å². The van der Waals surface area contributed by atoms with Crippen molar-refractivity contribution in [3.05, 3.63) is 47.0 Å². The lowest BCUT2D eigenvalue weighted by molar-refractivity contribution is 0.155. The maximum absolute atomic E-state index is 10.5. The molecular weight excluding hydrogens is 250 g/mol. The normalized spacial score (nSPS) is 15.9. The average Bonchev–Trinajstić information content (AvgIpc) is 2.76. The molecule has 3 N–H and O–H groups in total. The molecule has 1 aliphatic rings. The molecule has 0 spiro atoms. The second-order valence-electron chi connectivity index (χ2n) is 5.51. The number of nitrogens with zero attached hydrogens (tertiary/aromatic N) is 2. The van der Waals surface area contributed by atoms with Crippen LogP contribution in [0.2, 0.25) is 0 Å². The summed E-state index contributed by atoms with van der Waals surface area (Å²) in [5, 5.41) is 10.5. The molecule has 1 atom stereocenters. The summed E-state index contributed by atoms with van der Waals surface area (Å²) in [6.45, 7) is 2.54. The number of hydrogen-bond acceptors (Lipinski definition) is 3. The monoisotopic (exact) mass is 271 g/mol. The zero-order valence-corrected chi connectivity index (χ0v) is 11.8. The Labute approximate surface area is 119 Å². The number of aliphatic hydroxyl groups excluding tert-OH is 1. The highest BCUT2D eigenvalue weighted by atomic mass is 16.3. The number of fused-ring (bicyclic) bond motifs is 1. The molecule has 4 nitrogen and oxygen atoms in total. The number of rotatable bonds is 3. The zero-order valence-electron chi connectivity index (χ0n) is 11.8. The highest BCUT2D eigenvalue weighted by molar-refractivity contribution is 5.47. The van der Waals surface area contributed by atoms with Gasteiger partial charge in [0, 0.05) is 16.9 Å². The number of aryl methyl sites for hydroxylation is 2. The standard InChI is InChI=1S/C16H21N3O/c1-11-18-14-8-4-5-9-15(14)19(11)10-16(20)12-6-2-3-7-13(12)17/h2-3,6-7,16,20H,4-5,8-10,17H2,1H3. The summed E-state index contributed by atoms with van der Waals surface area (Å²) >= 11 is 0. The van der Waals surface area contributed by atoms with Crippen LogP contribution in [-0.2, 0) is 19.4 Å². The molecule has 1 aromatic carbocycles. The second kappa shape index (κ2) is 5.29. The summed E-state index contributed by atoms with van der Waals surface area (Å²) in [7, 11) is 0. The third-order valence-electron chi connectivity index (χ3n) is 4.13. The minimum absolute atomic E-state index is 0.530. The first-order valence-electron chi connectivity index (χ1n) is 7.24. The Balaban J connectivity index is 1.88. The van der Waals surface area contributed by atoms with Crippen LogP contribution in [0, 0.1) is 6.92 Å². The maximum Gasteiger partial charge on any atom is 0.106 e. The first-order valence-corrected chi connectivity index (χ1v) is 7.24. The molecule has 0 bridgehead atoms. The summed E-state index contributed by atoms with van der Waals surface area (Å²) in [4.78, 5) is 4.64. The van der Waals surface area contributed by atoms with Gasteiger partial charge in [-0.05, 0) is 38.7 Å². The van der Waals surface area contributed by atoms with Crippen LogP contribution in [0.4, 0.5) is 5.69 Å². The summed E-state index contributed by atoms with van der Waals surface area (Å²) in [5.41, 5.74) is 9.89. The Morgan fingerprint density at radius 3 is 2.85 bits per heavy atom. The topological polar surface area (TPSA) is 64.1 Å². The van der Waals surface area contributed by atoms with Gasteiger partial charge in [-0.1, -0.05) is 18.2 Å². The second-order valence-corrected chi connectivity index (χ2v) is 5.51. The molecule has 0 amide bonds. The Kier molecular flexibility index (Phi) is 3.49. The van der Waals surface area contributed by atoms with E-state index in [2.05, 4.69) is 9.55 Å². The van der Waals surface area contributed by atoms with E-state index in [9.17, 15) is 5.11 Å². The molecular formula is C16H21N3O. The smallest absolute Gasteiger partial charge is 0.106 e. The van der Waals surface area contributed by atoms with Crippen molar-refractivity contribution in [2.45, 2.75) is 45.3 Å². The molecule has 0 aliphatic heterocycles. The minimum Gasteiger partial charge on any atom is -0.398 e. The van der Waals surface area contributed by atoms with Gasteiger partial charge in [-0.3, -0.25) is 0 Å². The lowest BCUT2D eigenvalue weighted by atomic mass is 10.0. The van der Waals surface area contributed by atoms with Crippen molar-refractivity contribution in [3.8, 4) is 0 Å². The molecule has 1 aromatic heterocycles. The minimum atomic E-state index is -0.588. The molecule has 20 heavy (non-hydrogen) atoms.